The Bertz CT molecular complexity index is 660. The largest absolute Gasteiger partial charge is 0.573 e. The average molecular weight is 298 g/mol. The van der Waals surface area contributed by atoms with E-state index in [-0.39, 0.29) is 5.75 Å². The zero-order valence-corrected chi connectivity index (χ0v) is 10.7. The summed E-state index contributed by atoms with van der Waals surface area (Å²) in [6, 6.07) is 12.1. The fourth-order valence-electron chi connectivity index (χ4n) is 1.64. The van der Waals surface area contributed by atoms with Gasteiger partial charge in [-0.1, -0.05) is 29.8 Å². The van der Waals surface area contributed by atoms with Gasteiger partial charge in [0.05, 0.1) is 10.6 Å². The maximum Gasteiger partial charge on any atom is 0.573 e. The maximum absolute atomic E-state index is 12.0. The van der Waals surface area contributed by atoms with Crippen LogP contribution in [0.3, 0.4) is 0 Å². The Morgan fingerprint density at radius 2 is 1.60 bits per heavy atom. The highest BCUT2D eigenvalue weighted by atomic mass is 35.5. The van der Waals surface area contributed by atoms with Crippen molar-refractivity contribution in [1.82, 2.24) is 0 Å². The van der Waals surface area contributed by atoms with Crippen molar-refractivity contribution < 1.29 is 17.9 Å². The van der Waals surface area contributed by atoms with Gasteiger partial charge >= 0.3 is 6.36 Å². The first kappa shape index (κ1) is 14.2. The first-order chi connectivity index (χ1) is 9.39. The summed E-state index contributed by atoms with van der Waals surface area (Å²) in [7, 11) is 0. The van der Waals surface area contributed by atoms with Gasteiger partial charge in [0.2, 0.25) is 0 Å². The molecule has 0 aromatic heterocycles. The average Bonchev–Trinajstić information content (AvgIpc) is 2.38. The second kappa shape index (κ2) is 5.43. The van der Waals surface area contributed by atoms with Crippen LogP contribution in [0.25, 0.3) is 11.1 Å². The minimum absolute atomic E-state index is 0.296. The van der Waals surface area contributed by atoms with Crippen LogP contribution in [0.2, 0.25) is 5.02 Å². The van der Waals surface area contributed by atoms with Crippen LogP contribution in [0, 0.1) is 11.3 Å². The number of ether oxygens (including phenoxy) is 1. The number of benzene rings is 2. The van der Waals surface area contributed by atoms with Crippen molar-refractivity contribution in [1.29, 1.82) is 5.26 Å². The van der Waals surface area contributed by atoms with E-state index in [1.807, 2.05) is 6.07 Å². The molecule has 0 heterocycles. The molecule has 102 valence electrons. The molecule has 0 bridgehead atoms. The SMILES string of the molecule is N#Cc1cc(-c2ccc(OC(F)(F)F)cc2)ccc1Cl. The summed E-state index contributed by atoms with van der Waals surface area (Å²) >= 11 is 5.81. The Hall–Kier alpha value is -2.19. The number of rotatable bonds is 2. The second-order valence-electron chi connectivity index (χ2n) is 3.88. The van der Waals surface area contributed by atoms with Crippen molar-refractivity contribution in [2.24, 2.45) is 0 Å². The third-order valence-electron chi connectivity index (χ3n) is 2.51. The zero-order chi connectivity index (χ0) is 14.8. The van der Waals surface area contributed by atoms with Crippen LogP contribution in [0.15, 0.2) is 42.5 Å². The van der Waals surface area contributed by atoms with Gasteiger partial charge in [-0.3, -0.25) is 0 Å². The van der Waals surface area contributed by atoms with E-state index in [2.05, 4.69) is 4.74 Å². The molecule has 0 amide bonds. The Kier molecular flexibility index (Phi) is 3.86. The van der Waals surface area contributed by atoms with Crippen molar-refractivity contribution >= 4 is 11.6 Å². The molecule has 2 rings (SSSR count). The first-order valence-electron chi connectivity index (χ1n) is 5.45. The predicted octanol–water partition coefficient (Wildman–Crippen LogP) is 4.78. The van der Waals surface area contributed by atoms with Crippen molar-refractivity contribution in [3.63, 3.8) is 0 Å². The number of halogens is 4. The zero-order valence-electron chi connectivity index (χ0n) is 9.91. The van der Waals surface area contributed by atoms with Crippen molar-refractivity contribution in [3.05, 3.63) is 53.1 Å². The Balaban J connectivity index is 2.29. The van der Waals surface area contributed by atoms with Crippen LogP contribution in [0.5, 0.6) is 5.75 Å². The van der Waals surface area contributed by atoms with Crippen LogP contribution in [0.4, 0.5) is 13.2 Å². The summed E-state index contributed by atoms with van der Waals surface area (Å²) in [4.78, 5) is 0. The van der Waals surface area contributed by atoms with E-state index in [4.69, 9.17) is 16.9 Å². The Morgan fingerprint density at radius 1 is 1.00 bits per heavy atom. The summed E-state index contributed by atoms with van der Waals surface area (Å²) in [5.74, 6) is -0.296. The van der Waals surface area contributed by atoms with Gasteiger partial charge in [-0.15, -0.1) is 13.2 Å². The summed E-state index contributed by atoms with van der Waals surface area (Å²) in [5, 5.41) is 9.21. The molecule has 0 aliphatic heterocycles. The van der Waals surface area contributed by atoms with Gasteiger partial charge in [-0.25, -0.2) is 0 Å². The van der Waals surface area contributed by atoms with Crippen molar-refractivity contribution in [3.8, 4) is 22.9 Å². The summed E-state index contributed by atoms with van der Waals surface area (Å²) in [5.41, 5.74) is 1.65. The van der Waals surface area contributed by atoms with Gasteiger partial charge < -0.3 is 4.74 Å². The fourth-order valence-corrected chi connectivity index (χ4v) is 1.80. The van der Waals surface area contributed by atoms with Gasteiger partial charge in [0.25, 0.3) is 0 Å². The van der Waals surface area contributed by atoms with E-state index in [1.54, 1.807) is 18.2 Å². The number of hydrogen-bond donors (Lipinski definition) is 0. The topological polar surface area (TPSA) is 33.0 Å². The molecule has 0 N–H and O–H groups in total. The smallest absolute Gasteiger partial charge is 0.406 e. The van der Waals surface area contributed by atoms with Crippen LogP contribution < -0.4 is 4.74 Å². The molecular formula is C14H7ClF3NO. The molecule has 6 heteroatoms. The molecule has 2 aromatic rings. The number of hydrogen-bond acceptors (Lipinski definition) is 2. The maximum atomic E-state index is 12.0. The first-order valence-corrected chi connectivity index (χ1v) is 5.83. The van der Waals surface area contributed by atoms with E-state index < -0.39 is 6.36 Å². The lowest BCUT2D eigenvalue weighted by atomic mass is 10.0. The van der Waals surface area contributed by atoms with Crippen LogP contribution in [-0.2, 0) is 0 Å². The van der Waals surface area contributed by atoms with Gasteiger partial charge in [0, 0.05) is 0 Å². The third kappa shape index (κ3) is 3.43. The fraction of sp³-hybridized carbons (Fsp3) is 0.0714. The van der Waals surface area contributed by atoms with Crippen molar-refractivity contribution in [2.45, 2.75) is 6.36 Å². The quantitative estimate of drug-likeness (QED) is 0.799. The van der Waals surface area contributed by atoms with Crippen LogP contribution in [0.1, 0.15) is 5.56 Å². The third-order valence-corrected chi connectivity index (χ3v) is 2.84. The van der Waals surface area contributed by atoms with Crippen LogP contribution in [-0.4, -0.2) is 6.36 Å². The highest BCUT2D eigenvalue weighted by Gasteiger charge is 2.30. The number of nitriles is 1. The lowest BCUT2D eigenvalue weighted by molar-refractivity contribution is -0.274. The molecule has 0 radical (unpaired) electrons. The van der Waals surface area contributed by atoms with Gasteiger partial charge in [-0.05, 0) is 35.4 Å². The summed E-state index contributed by atoms with van der Waals surface area (Å²) in [6.07, 6.45) is -4.71. The summed E-state index contributed by atoms with van der Waals surface area (Å²) < 4.78 is 39.9. The molecule has 0 saturated carbocycles. The molecular weight excluding hydrogens is 291 g/mol. The standard InChI is InChI=1S/C14H7ClF3NO/c15-13-6-3-10(7-11(13)8-19)9-1-4-12(5-2-9)20-14(16,17)18/h1-7H. The molecule has 20 heavy (non-hydrogen) atoms. The lowest BCUT2D eigenvalue weighted by Crippen LogP contribution is -2.16. The number of alkyl halides is 3. The molecule has 0 aliphatic rings. The van der Waals surface area contributed by atoms with E-state index in [0.717, 1.165) is 0 Å². The molecule has 2 nitrogen and oxygen atoms in total. The molecule has 0 unspecified atom stereocenters. The number of nitrogens with zero attached hydrogens (tertiary/aromatic N) is 1. The molecule has 0 fully saturated rings. The van der Waals surface area contributed by atoms with E-state index >= 15 is 0 Å². The molecule has 0 atom stereocenters. The van der Waals surface area contributed by atoms with E-state index in [0.29, 0.717) is 21.7 Å². The lowest BCUT2D eigenvalue weighted by Gasteiger charge is -2.09. The van der Waals surface area contributed by atoms with Crippen LogP contribution >= 0.6 is 11.6 Å². The molecule has 0 aliphatic carbocycles. The second-order valence-corrected chi connectivity index (χ2v) is 4.29. The van der Waals surface area contributed by atoms with Gasteiger partial charge in [0.15, 0.2) is 0 Å². The highest BCUT2D eigenvalue weighted by Crippen LogP contribution is 2.28. The molecule has 0 saturated heterocycles. The minimum Gasteiger partial charge on any atom is -0.406 e. The van der Waals surface area contributed by atoms with E-state index in [9.17, 15) is 13.2 Å². The molecule has 0 spiro atoms. The van der Waals surface area contributed by atoms with Crippen molar-refractivity contribution in [2.75, 3.05) is 0 Å². The summed E-state index contributed by atoms with van der Waals surface area (Å²) in [6.45, 7) is 0. The monoisotopic (exact) mass is 297 g/mol. The highest BCUT2D eigenvalue weighted by molar-refractivity contribution is 6.31. The predicted molar refractivity (Wildman–Crippen MR) is 68.3 cm³/mol. The Labute approximate surface area is 118 Å². The van der Waals surface area contributed by atoms with Gasteiger partial charge in [-0.2, -0.15) is 5.26 Å². The normalized spacial score (nSPS) is 10.9. The minimum atomic E-state index is -4.71. The van der Waals surface area contributed by atoms with E-state index in [1.165, 1.54) is 24.3 Å². The Morgan fingerprint density at radius 3 is 2.15 bits per heavy atom. The van der Waals surface area contributed by atoms with Gasteiger partial charge in [0.1, 0.15) is 11.8 Å². The molecule has 2 aromatic carbocycles.